The van der Waals surface area contributed by atoms with Crippen LogP contribution in [-0.2, 0) is 23.9 Å². The van der Waals surface area contributed by atoms with Crippen LogP contribution >= 0.6 is 0 Å². The molecule has 2 heterocycles. The Hall–Kier alpha value is -1.88. The van der Waals surface area contributed by atoms with Gasteiger partial charge in [-0.05, 0) is 62.2 Å². The van der Waals surface area contributed by atoms with E-state index in [-0.39, 0.29) is 12.5 Å². The summed E-state index contributed by atoms with van der Waals surface area (Å²) in [6.45, 7) is 34.2. The molecule has 0 aromatic heterocycles. The van der Waals surface area contributed by atoms with Gasteiger partial charge in [-0.2, -0.15) is 13.2 Å². The number of amides is 3. The molecule has 0 radical (unpaired) electrons. The third-order valence-corrected chi connectivity index (χ3v) is 6.57. The van der Waals surface area contributed by atoms with Crippen LogP contribution in [0.5, 0.6) is 0 Å². The van der Waals surface area contributed by atoms with Crippen LogP contribution in [0.25, 0.3) is 0 Å². The Labute approximate surface area is 320 Å². The van der Waals surface area contributed by atoms with Gasteiger partial charge in [-0.15, -0.1) is 0 Å². The van der Waals surface area contributed by atoms with Gasteiger partial charge in [-0.3, -0.25) is 14.4 Å². The van der Waals surface area contributed by atoms with E-state index in [1.165, 1.54) is 44.9 Å². The number of ether oxygens (including phenoxy) is 2. The second-order valence-electron chi connectivity index (χ2n) is 12.8. The van der Waals surface area contributed by atoms with Crippen molar-refractivity contribution in [2.24, 2.45) is 23.7 Å². The predicted molar refractivity (Wildman–Crippen MR) is 217 cm³/mol. The monoisotopic (exact) mass is 760 g/mol. The van der Waals surface area contributed by atoms with Gasteiger partial charge >= 0.3 is 12.1 Å². The zero-order valence-electron chi connectivity index (χ0n) is 36.5. The maximum absolute atomic E-state index is 11.4. The van der Waals surface area contributed by atoms with Crippen LogP contribution in [0.2, 0.25) is 0 Å². The molecule has 0 aromatic rings. The summed E-state index contributed by atoms with van der Waals surface area (Å²) in [5.41, 5.74) is 0. The van der Waals surface area contributed by atoms with Crippen LogP contribution in [0, 0.1) is 23.7 Å². The predicted octanol–water partition coefficient (Wildman–Crippen LogP) is 10.9. The van der Waals surface area contributed by atoms with Gasteiger partial charge in [-0.1, -0.05) is 129 Å². The van der Waals surface area contributed by atoms with E-state index in [4.69, 9.17) is 9.47 Å². The largest absolute Gasteiger partial charge is 0.471 e. The number of alkyl halides is 3. The molecule has 3 amide bonds. The molecular weight excluding hydrogens is 671 g/mol. The lowest BCUT2D eigenvalue weighted by Crippen LogP contribution is -2.36. The van der Waals surface area contributed by atoms with Gasteiger partial charge in [0.15, 0.2) is 0 Å². The SMILES string of the molecule is CC.CC.CC(C)CNC=O.CC1CC1.CCC.CCC.CCC1CCOCC1.CCCNC(=O)C(F)(F)F.CCCNC(=O)CC1CCOCC1. The third-order valence-electron chi connectivity index (χ3n) is 6.57. The lowest BCUT2D eigenvalue weighted by molar-refractivity contribution is -0.173. The quantitative estimate of drug-likeness (QED) is 0.192. The maximum Gasteiger partial charge on any atom is 0.471 e. The molecule has 52 heavy (non-hydrogen) atoms. The zero-order chi connectivity index (χ0) is 41.6. The average molecular weight is 760 g/mol. The van der Waals surface area contributed by atoms with Crippen molar-refractivity contribution >= 4 is 18.2 Å². The summed E-state index contributed by atoms with van der Waals surface area (Å²) in [4.78, 5) is 30.9. The molecule has 1 saturated carbocycles. The molecule has 3 N–H and O–H groups in total. The van der Waals surface area contributed by atoms with Crippen molar-refractivity contribution in [2.45, 2.75) is 180 Å². The van der Waals surface area contributed by atoms with Crippen molar-refractivity contribution < 1.29 is 37.0 Å². The first-order valence-corrected chi connectivity index (χ1v) is 20.7. The Bertz CT molecular complexity index is 681. The summed E-state index contributed by atoms with van der Waals surface area (Å²) < 4.78 is 44.5. The highest BCUT2D eigenvalue weighted by Crippen LogP contribution is 2.26. The molecule has 0 spiro atoms. The highest BCUT2D eigenvalue weighted by atomic mass is 19.4. The van der Waals surface area contributed by atoms with Gasteiger partial charge in [0.1, 0.15) is 0 Å². The molecule has 1 aliphatic carbocycles. The molecule has 0 unspecified atom stereocenters. The summed E-state index contributed by atoms with van der Waals surface area (Å²) in [5, 5.41) is 7.18. The van der Waals surface area contributed by atoms with Crippen LogP contribution in [0.15, 0.2) is 0 Å². The van der Waals surface area contributed by atoms with Crippen LogP contribution in [0.1, 0.15) is 174 Å². The van der Waals surface area contributed by atoms with Crippen molar-refractivity contribution in [3.05, 3.63) is 0 Å². The van der Waals surface area contributed by atoms with E-state index < -0.39 is 12.1 Å². The molecule has 0 atom stereocenters. The average Bonchev–Trinajstić information content (AvgIpc) is 3.94. The molecule has 3 rings (SSSR count). The molecular formula is C41H88F3N3O5. The molecule has 0 bridgehead atoms. The number of hydrogen-bond donors (Lipinski definition) is 3. The zero-order valence-corrected chi connectivity index (χ0v) is 36.5. The minimum absolute atomic E-state index is 0.0678. The Morgan fingerprint density at radius 2 is 1.08 bits per heavy atom. The maximum atomic E-state index is 11.4. The van der Waals surface area contributed by atoms with E-state index in [1.807, 2.05) is 27.7 Å². The fourth-order valence-corrected chi connectivity index (χ4v) is 3.49. The van der Waals surface area contributed by atoms with Crippen molar-refractivity contribution in [1.29, 1.82) is 0 Å². The van der Waals surface area contributed by atoms with Crippen molar-refractivity contribution in [1.82, 2.24) is 16.0 Å². The van der Waals surface area contributed by atoms with Crippen molar-refractivity contribution in [2.75, 3.05) is 46.1 Å². The molecule has 318 valence electrons. The lowest BCUT2D eigenvalue weighted by atomic mass is 9.96. The Morgan fingerprint density at radius 3 is 1.33 bits per heavy atom. The van der Waals surface area contributed by atoms with Gasteiger partial charge in [0, 0.05) is 52.5 Å². The number of nitrogens with one attached hydrogen (secondary N) is 3. The third kappa shape index (κ3) is 63.2. The number of rotatable bonds is 10. The van der Waals surface area contributed by atoms with E-state index in [0.29, 0.717) is 24.7 Å². The van der Waals surface area contributed by atoms with E-state index in [9.17, 15) is 27.6 Å². The van der Waals surface area contributed by atoms with E-state index in [1.54, 1.807) is 12.2 Å². The first-order valence-electron chi connectivity index (χ1n) is 20.7. The molecule has 2 saturated heterocycles. The second-order valence-corrected chi connectivity index (χ2v) is 12.8. The standard InChI is InChI=1S/C10H19NO2.C7H14O.C5H8F3NO.C5H11NO.C4H8.2C3H8.2C2H6/c1-2-5-11-10(12)8-9-3-6-13-7-4-9;1-2-7-3-5-8-6-4-7;1-2-3-9-4(10)5(6,7)8;1-5(2)3-6-4-7;1-4-2-3-4;2*1-3-2;2*1-2/h9H,2-8H2,1H3,(H,11,12);7H,2-6H2,1H3;2-3H2,1H3,(H,9,10);4-5H,3H2,1-2H3,(H,6,7);4H,2-3H2,1H3;2*3H2,1-2H3;2*1-2H3. The van der Waals surface area contributed by atoms with Gasteiger partial charge in [0.05, 0.1) is 0 Å². The molecule has 3 fully saturated rings. The Morgan fingerprint density at radius 1 is 0.712 bits per heavy atom. The van der Waals surface area contributed by atoms with Gasteiger partial charge in [0.25, 0.3) is 0 Å². The summed E-state index contributed by atoms with van der Waals surface area (Å²) in [5.74, 6) is 1.49. The molecule has 2 aliphatic heterocycles. The normalized spacial score (nSPS) is 14.6. The minimum atomic E-state index is -4.74. The summed E-state index contributed by atoms with van der Waals surface area (Å²) in [7, 11) is 0. The van der Waals surface area contributed by atoms with Crippen LogP contribution < -0.4 is 16.0 Å². The van der Waals surface area contributed by atoms with Crippen molar-refractivity contribution in [3.8, 4) is 0 Å². The number of carbonyl (C=O) groups is 3. The smallest absolute Gasteiger partial charge is 0.381 e. The summed E-state index contributed by atoms with van der Waals surface area (Å²) in [6, 6.07) is 0. The van der Waals surface area contributed by atoms with E-state index in [2.05, 4.69) is 72.9 Å². The fourth-order valence-electron chi connectivity index (χ4n) is 3.49. The van der Waals surface area contributed by atoms with Crippen LogP contribution in [0.4, 0.5) is 13.2 Å². The molecule has 3 aliphatic rings. The van der Waals surface area contributed by atoms with E-state index >= 15 is 0 Å². The number of halogens is 3. The molecule has 0 aromatic carbocycles. The minimum Gasteiger partial charge on any atom is -0.381 e. The first-order chi connectivity index (χ1) is 24.7. The van der Waals surface area contributed by atoms with Gasteiger partial charge in [-0.25, -0.2) is 0 Å². The first kappa shape index (κ1) is 62.1. The lowest BCUT2D eigenvalue weighted by Gasteiger charge is -2.21. The second kappa shape index (κ2) is 51.2. The van der Waals surface area contributed by atoms with Crippen LogP contribution in [0.3, 0.4) is 0 Å². The fraction of sp³-hybridized carbons (Fsp3) is 0.927. The topological polar surface area (TPSA) is 106 Å². The summed E-state index contributed by atoms with van der Waals surface area (Å²) >= 11 is 0. The van der Waals surface area contributed by atoms with E-state index in [0.717, 1.165) is 77.0 Å². The van der Waals surface area contributed by atoms with Gasteiger partial charge < -0.3 is 25.4 Å². The Kier molecular flexibility index (Phi) is 61.2. The number of hydrogen-bond acceptors (Lipinski definition) is 5. The highest BCUT2D eigenvalue weighted by molar-refractivity contribution is 5.81. The summed E-state index contributed by atoms with van der Waals surface area (Å²) in [6.07, 6.45) is 9.65. The van der Waals surface area contributed by atoms with Crippen LogP contribution in [-0.4, -0.2) is 70.5 Å². The number of carbonyl (C=O) groups excluding carboxylic acids is 3. The Balaban J connectivity index is -0.000000123. The molecule has 8 nitrogen and oxygen atoms in total. The van der Waals surface area contributed by atoms with Crippen molar-refractivity contribution in [3.63, 3.8) is 0 Å². The highest BCUT2D eigenvalue weighted by Gasteiger charge is 2.37. The molecule has 11 heteroatoms. The van der Waals surface area contributed by atoms with Gasteiger partial charge in [0.2, 0.25) is 12.3 Å².